The Bertz CT molecular complexity index is 1110. The van der Waals surface area contributed by atoms with Crippen molar-refractivity contribution in [2.75, 3.05) is 50.1 Å². The Morgan fingerprint density at radius 2 is 1.77 bits per heavy atom. The molecule has 1 saturated heterocycles. The van der Waals surface area contributed by atoms with E-state index in [0.29, 0.717) is 26.6 Å². The normalized spacial score (nSPS) is 14.6. The molecule has 2 heterocycles. The first-order valence-electron chi connectivity index (χ1n) is 9.87. The van der Waals surface area contributed by atoms with Crippen LogP contribution < -0.4 is 10.2 Å². The predicted molar refractivity (Wildman–Crippen MR) is 123 cm³/mol. The molecule has 3 aromatic rings. The molecular formula is C22H22Cl2N4O3. The van der Waals surface area contributed by atoms with Gasteiger partial charge in [-0.25, -0.2) is 4.79 Å². The number of methoxy groups -OCH3 is 1. The molecule has 0 radical (unpaired) electrons. The average Bonchev–Trinajstić information content (AvgIpc) is 3.14. The summed E-state index contributed by atoms with van der Waals surface area (Å²) in [5.74, 6) is -0.787. The second kappa shape index (κ2) is 9.18. The lowest BCUT2D eigenvalue weighted by Crippen LogP contribution is -2.48. The number of piperazine rings is 1. The number of amides is 1. The summed E-state index contributed by atoms with van der Waals surface area (Å²) in [4.78, 5) is 32.3. The number of carbonyl (C=O) groups excluding carboxylic acids is 2. The number of hydrogen-bond donors (Lipinski definition) is 2. The molecule has 0 spiro atoms. The Morgan fingerprint density at radius 3 is 2.45 bits per heavy atom. The first-order chi connectivity index (χ1) is 15.0. The molecule has 1 aromatic heterocycles. The highest BCUT2D eigenvalue weighted by atomic mass is 35.5. The van der Waals surface area contributed by atoms with E-state index in [1.54, 1.807) is 18.2 Å². The van der Waals surface area contributed by atoms with Crippen molar-refractivity contribution in [2.24, 2.45) is 0 Å². The number of H-pyrrole nitrogens is 1. The van der Waals surface area contributed by atoms with Gasteiger partial charge in [0.2, 0.25) is 5.91 Å². The monoisotopic (exact) mass is 460 g/mol. The number of benzene rings is 2. The van der Waals surface area contributed by atoms with Crippen LogP contribution in [0.4, 0.5) is 11.4 Å². The maximum absolute atomic E-state index is 12.8. The highest BCUT2D eigenvalue weighted by molar-refractivity contribution is 6.37. The van der Waals surface area contributed by atoms with E-state index in [2.05, 4.69) is 20.1 Å². The summed E-state index contributed by atoms with van der Waals surface area (Å²) in [6.45, 7) is 3.32. The number of halogens is 2. The van der Waals surface area contributed by atoms with Crippen molar-refractivity contribution in [3.63, 3.8) is 0 Å². The fraction of sp³-hybridized carbons (Fsp3) is 0.273. The molecule has 0 aliphatic carbocycles. The van der Waals surface area contributed by atoms with Crippen LogP contribution in [-0.4, -0.2) is 61.6 Å². The van der Waals surface area contributed by atoms with Crippen LogP contribution in [0.2, 0.25) is 10.0 Å². The number of rotatable bonds is 5. The Labute approximate surface area is 189 Å². The average molecular weight is 461 g/mol. The largest absolute Gasteiger partial charge is 0.464 e. The smallest absolute Gasteiger partial charge is 0.356 e. The molecule has 0 unspecified atom stereocenters. The SMILES string of the molecule is COC(=O)c1[nH]c2cccc(Cl)c2c1NC(=O)CN1CCN(c2ccc(Cl)cc2)CC1. The number of aromatic amines is 1. The van der Waals surface area contributed by atoms with Crippen molar-refractivity contribution in [2.45, 2.75) is 0 Å². The third kappa shape index (κ3) is 4.63. The lowest BCUT2D eigenvalue weighted by Gasteiger charge is -2.35. The van der Waals surface area contributed by atoms with Gasteiger partial charge in [0.1, 0.15) is 5.69 Å². The lowest BCUT2D eigenvalue weighted by molar-refractivity contribution is -0.117. The standard InChI is InChI=1S/C22H22Cl2N4O3/c1-31-22(30)21-20(19-16(24)3-2-4-17(19)25-21)26-18(29)13-27-9-11-28(12-10-27)15-7-5-14(23)6-8-15/h2-8,25H,9-13H2,1H3,(H,26,29). The number of carbonyl (C=O) groups is 2. The maximum atomic E-state index is 12.8. The fourth-order valence-electron chi connectivity index (χ4n) is 3.78. The van der Waals surface area contributed by atoms with Gasteiger partial charge in [-0.15, -0.1) is 0 Å². The lowest BCUT2D eigenvalue weighted by atomic mass is 10.2. The van der Waals surface area contributed by atoms with Crippen molar-refractivity contribution in [3.8, 4) is 0 Å². The molecule has 0 atom stereocenters. The van der Waals surface area contributed by atoms with E-state index >= 15 is 0 Å². The molecule has 4 rings (SSSR count). The minimum Gasteiger partial charge on any atom is -0.464 e. The van der Waals surface area contributed by atoms with Crippen molar-refractivity contribution in [3.05, 3.63) is 58.2 Å². The number of aromatic nitrogens is 1. The summed E-state index contributed by atoms with van der Waals surface area (Å²) in [6.07, 6.45) is 0. The minimum absolute atomic E-state index is 0.173. The quantitative estimate of drug-likeness (QED) is 0.562. The summed E-state index contributed by atoms with van der Waals surface area (Å²) >= 11 is 12.3. The van der Waals surface area contributed by atoms with E-state index in [1.807, 2.05) is 24.3 Å². The molecule has 9 heteroatoms. The summed E-state index contributed by atoms with van der Waals surface area (Å²) < 4.78 is 4.85. The minimum atomic E-state index is -0.570. The van der Waals surface area contributed by atoms with Crippen LogP contribution in [0.25, 0.3) is 10.9 Å². The molecule has 31 heavy (non-hydrogen) atoms. The van der Waals surface area contributed by atoms with E-state index in [0.717, 1.165) is 31.9 Å². The molecule has 2 aromatic carbocycles. The molecule has 0 saturated carbocycles. The second-order valence-electron chi connectivity index (χ2n) is 7.32. The van der Waals surface area contributed by atoms with Gasteiger partial charge in [-0.05, 0) is 36.4 Å². The van der Waals surface area contributed by atoms with E-state index in [9.17, 15) is 9.59 Å². The number of nitrogens with one attached hydrogen (secondary N) is 2. The summed E-state index contributed by atoms with van der Waals surface area (Å²) in [5.41, 5.74) is 2.29. The van der Waals surface area contributed by atoms with Crippen molar-refractivity contribution >= 4 is 57.4 Å². The van der Waals surface area contributed by atoms with Gasteiger partial charge >= 0.3 is 5.97 Å². The third-order valence-corrected chi connectivity index (χ3v) is 5.93. The molecule has 2 N–H and O–H groups in total. The van der Waals surface area contributed by atoms with Gasteiger partial charge in [-0.1, -0.05) is 29.3 Å². The van der Waals surface area contributed by atoms with Crippen LogP contribution >= 0.6 is 23.2 Å². The number of ether oxygens (including phenoxy) is 1. The summed E-state index contributed by atoms with van der Waals surface area (Å²) in [5, 5.41) is 4.60. The van der Waals surface area contributed by atoms with Gasteiger partial charge in [0.25, 0.3) is 0 Å². The van der Waals surface area contributed by atoms with Crippen LogP contribution in [0.15, 0.2) is 42.5 Å². The Morgan fingerprint density at radius 1 is 1.06 bits per heavy atom. The van der Waals surface area contributed by atoms with E-state index < -0.39 is 5.97 Å². The highest BCUT2D eigenvalue weighted by Gasteiger charge is 2.24. The molecular weight excluding hydrogens is 439 g/mol. The van der Waals surface area contributed by atoms with Crippen molar-refractivity contribution in [1.82, 2.24) is 9.88 Å². The van der Waals surface area contributed by atoms with Crippen LogP contribution in [-0.2, 0) is 9.53 Å². The molecule has 1 fully saturated rings. The molecule has 0 bridgehead atoms. The highest BCUT2D eigenvalue weighted by Crippen LogP contribution is 2.34. The van der Waals surface area contributed by atoms with Gasteiger partial charge in [0.15, 0.2) is 0 Å². The number of hydrogen-bond acceptors (Lipinski definition) is 5. The third-order valence-electron chi connectivity index (χ3n) is 5.36. The number of fused-ring (bicyclic) bond motifs is 1. The Kier molecular flexibility index (Phi) is 6.36. The van der Waals surface area contributed by atoms with Gasteiger partial charge in [0, 0.05) is 47.8 Å². The second-order valence-corrected chi connectivity index (χ2v) is 8.16. The first kappa shape index (κ1) is 21.5. The van der Waals surface area contributed by atoms with E-state index in [1.165, 1.54) is 7.11 Å². The van der Waals surface area contributed by atoms with Crippen LogP contribution in [0.3, 0.4) is 0 Å². The van der Waals surface area contributed by atoms with Crippen molar-refractivity contribution < 1.29 is 14.3 Å². The van der Waals surface area contributed by atoms with Gasteiger partial charge in [-0.2, -0.15) is 0 Å². The first-order valence-corrected chi connectivity index (χ1v) is 10.6. The maximum Gasteiger partial charge on any atom is 0.356 e. The topological polar surface area (TPSA) is 77.7 Å². The van der Waals surface area contributed by atoms with Crippen LogP contribution in [0, 0.1) is 0 Å². The predicted octanol–water partition coefficient (Wildman–Crippen LogP) is 4.02. The molecule has 162 valence electrons. The number of esters is 1. The van der Waals surface area contributed by atoms with Crippen molar-refractivity contribution in [1.29, 1.82) is 0 Å². The molecule has 1 amide bonds. The number of anilines is 2. The number of nitrogens with zero attached hydrogens (tertiary/aromatic N) is 2. The van der Waals surface area contributed by atoms with Gasteiger partial charge in [0.05, 0.1) is 24.4 Å². The van der Waals surface area contributed by atoms with E-state index in [-0.39, 0.29) is 18.1 Å². The zero-order valence-corrected chi connectivity index (χ0v) is 18.5. The Balaban J connectivity index is 1.43. The van der Waals surface area contributed by atoms with Crippen LogP contribution in [0.1, 0.15) is 10.5 Å². The van der Waals surface area contributed by atoms with Gasteiger partial charge in [-0.3, -0.25) is 9.69 Å². The zero-order valence-electron chi connectivity index (χ0n) is 17.0. The molecule has 7 nitrogen and oxygen atoms in total. The van der Waals surface area contributed by atoms with E-state index in [4.69, 9.17) is 27.9 Å². The Hall–Kier alpha value is -2.74. The molecule has 1 aliphatic heterocycles. The zero-order chi connectivity index (χ0) is 22.0. The fourth-order valence-corrected chi connectivity index (χ4v) is 4.18. The summed E-state index contributed by atoms with van der Waals surface area (Å²) in [6, 6.07) is 13.0. The summed E-state index contributed by atoms with van der Waals surface area (Å²) in [7, 11) is 1.29. The van der Waals surface area contributed by atoms with Crippen LogP contribution in [0.5, 0.6) is 0 Å². The molecule has 1 aliphatic rings. The van der Waals surface area contributed by atoms with Gasteiger partial charge < -0.3 is 19.9 Å².